The fraction of sp³-hybridized carbons (Fsp3) is 0. The van der Waals surface area contributed by atoms with Crippen molar-refractivity contribution in [3.8, 4) is 73.2 Å². The Morgan fingerprint density at radius 1 is 0.333 bits per heavy atom. The van der Waals surface area contributed by atoms with Crippen molar-refractivity contribution in [2.75, 3.05) is 0 Å². The van der Waals surface area contributed by atoms with Gasteiger partial charge in [0.05, 0.1) is 21.4 Å². The summed E-state index contributed by atoms with van der Waals surface area (Å²) in [4.78, 5) is 15.8. The van der Waals surface area contributed by atoms with Crippen LogP contribution in [0.4, 0.5) is 0 Å². The van der Waals surface area contributed by atoms with Crippen molar-refractivity contribution in [2.45, 2.75) is 0 Å². The van der Waals surface area contributed by atoms with E-state index in [0.29, 0.717) is 17.5 Å². The van der Waals surface area contributed by atoms with Crippen LogP contribution in [0.1, 0.15) is 0 Å². The first-order chi connectivity index (χ1) is 34.2. The van der Waals surface area contributed by atoms with Gasteiger partial charge in [0.2, 0.25) is 0 Å². The van der Waals surface area contributed by atoms with Crippen molar-refractivity contribution < 1.29 is 4.42 Å². The van der Waals surface area contributed by atoms with Crippen LogP contribution in [0, 0.1) is 0 Å². The standard InChI is InChI=1S/C63H38N4OS/c1-3-16-39(17-4-1)41-20-11-22-44(36-41)61-64-62(45-23-12-21-42(37-45)40-18-5-2-6-19-40)66-63(65-61)50-28-14-32-56-58(50)51-38-43(34-35-55(51)68-56)46-26-15-33-57-59(46)49-27-13-31-54(60(49)69-57)67-52-29-9-7-24-47(52)48-25-8-10-30-53(48)67/h1-38H. The lowest BCUT2D eigenvalue weighted by Gasteiger charge is -2.11. The molecule has 0 atom stereocenters. The number of benzene rings is 10. The SMILES string of the molecule is c1ccc(-c2cccc(-c3nc(-c4cccc(-c5ccccc5)c4)nc(-c4cccc5oc6ccc(-c7cccc8sc9c(-n%10c%11ccccc%11c%11ccccc%11%10)cccc9c78)cc6c45)n3)c2)cc1. The second kappa shape index (κ2) is 15.8. The summed E-state index contributed by atoms with van der Waals surface area (Å²) >= 11 is 1.86. The van der Waals surface area contributed by atoms with Crippen molar-refractivity contribution in [1.29, 1.82) is 0 Å². The topological polar surface area (TPSA) is 56.7 Å². The van der Waals surface area contributed by atoms with Crippen molar-refractivity contribution >= 4 is 75.3 Å². The largest absolute Gasteiger partial charge is 0.456 e. The van der Waals surface area contributed by atoms with Crippen LogP contribution < -0.4 is 0 Å². The molecule has 0 fully saturated rings. The van der Waals surface area contributed by atoms with Gasteiger partial charge in [-0.15, -0.1) is 11.3 Å². The molecule has 0 N–H and O–H groups in total. The van der Waals surface area contributed by atoms with Crippen LogP contribution in [0.5, 0.6) is 0 Å². The molecule has 0 spiro atoms. The maximum absolute atomic E-state index is 6.66. The predicted octanol–water partition coefficient (Wildman–Crippen LogP) is 17.2. The third-order valence-electron chi connectivity index (χ3n) is 13.5. The van der Waals surface area contributed by atoms with Crippen molar-refractivity contribution in [2.24, 2.45) is 0 Å². The lowest BCUT2D eigenvalue weighted by Crippen LogP contribution is -2.00. The molecule has 69 heavy (non-hydrogen) atoms. The van der Waals surface area contributed by atoms with Crippen LogP contribution in [0.2, 0.25) is 0 Å². The van der Waals surface area contributed by atoms with Crippen molar-refractivity contribution in [3.63, 3.8) is 0 Å². The highest BCUT2D eigenvalue weighted by Gasteiger charge is 2.22. The highest BCUT2D eigenvalue weighted by atomic mass is 32.1. The molecular formula is C63H38N4OS. The Balaban J connectivity index is 0.949. The highest BCUT2D eigenvalue weighted by molar-refractivity contribution is 7.26. The summed E-state index contributed by atoms with van der Waals surface area (Å²) in [6, 6.07) is 81.4. The van der Waals surface area contributed by atoms with Gasteiger partial charge < -0.3 is 8.98 Å². The lowest BCUT2D eigenvalue weighted by molar-refractivity contribution is 0.669. The Labute approximate surface area is 400 Å². The highest BCUT2D eigenvalue weighted by Crippen LogP contribution is 2.46. The van der Waals surface area contributed by atoms with E-state index in [1.54, 1.807) is 0 Å². The molecule has 0 aliphatic heterocycles. The van der Waals surface area contributed by atoms with Gasteiger partial charge in [-0.2, -0.15) is 0 Å². The molecule has 14 aromatic rings. The summed E-state index contributed by atoms with van der Waals surface area (Å²) in [7, 11) is 0. The molecule has 14 rings (SSSR count). The third kappa shape index (κ3) is 6.49. The molecule has 0 amide bonds. The second-order valence-corrected chi connectivity index (χ2v) is 18.5. The van der Waals surface area contributed by atoms with Gasteiger partial charge in [0.15, 0.2) is 17.5 Å². The average molecular weight is 899 g/mol. The van der Waals surface area contributed by atoms with Gasteiger partial charge in [0, 0.05) is 53.7 Å². The van der Waals surface area contributed by atoms with Gasteiger partial charge in [0.25, 0.3) is 0 Å². The first kappa shape index (κ1) is 39.2. The maximum Gasteiger partial charge on any atom is 0.164 e. The van der Waals surface area contributed by atoms with E-state index in [4.69, 9.17) is 19.4 Å². The van der Waals surface area contributed by atoms with Crippen molar-refractivity contribution in [3.05, 3.63) is 231 Å². The monoisotopic (exact) mass is 898 g/mol. The summed E-state index contributed by atoms with van der Waals surface area (Å²) in [5.74, 6) is 1.77. The van der Waals surface area contributed by atoms with E-state index in [9.17, 15) is 0 Å². The molecule has 0 saturated carbocycles. The molecule has 0 aliphatic rings. The van der Waals surface area contributed by atoms with Crippen LogP contribution >= 0.6 is 11.3 Å². The zero-order valence-electron chi connectivity index (χ0n) is 37.0. The van der Waals surface area contributed by atoms with Crippen LogP contribution in [0.15, 0.2) is 235 Å². The zero-order chi connectivity index (χ0) is 45.4. The van der Waals surface area contributed by atoms with Gasteiger partial charge in [-0.3, -0.25) is 0 Å². The van der Waals surface area contributed by atoms with E-state index in [0.717, 1.165) is 66.4 Å². The number of para-hydroxylation sites is 2. The van der Waals surface area contributed by atoms with Crippen LogP contribution in [-0.2, 0) is 0 Å². The fourth-order valence-corrected chi connectivity index (χ4v) is 11.5. The average Bonchev–Trinajstić information content (AvgIpc) is 4.11. The summed E-state index contributed by atoms with van der Waals surface area (Å²) < 4.78 is 11.6. The van der Waals surface area contributed by atoms with E-state index in [-0.39, 0.29) is 0 Å². The number of hydrogen-bond donors (Lipinski definition) is 0. The first-order valence-electron chi connectivity index (χ1n) is 23.2. The summed E-state index contributed by atoms with van der Waals surface area (Å²) in [5.41, 5.74) is 14.6. The Morgan fingerprint density at radius 2 is 0.870 bits per heavy atom. The molecule has 322 valence electrons. The van der Waals surface area contributed by atoms with Crippen LogP contribution in [0.3, 0.4) is 0 Å². The van der Waals surface area contributed by atoms with E-state index >= 15 is 0 Å². The van der Waals surface area contributed by atoms with Crippen LogP contribution in [0.25, 0.3) is 137 Å². The molecule has 6 heteroatoms. The molecule has 10 aromatic carbocycles. The van der Waals surface area contributed by atoms with E-state index in [1.165, 1.54) is 53.2 Å². The third-order valence-corrected chi connectivity index (χ3v) is 14.7. The predicted molar refractivity (Wildman–Crippen MR) is 287 cm³/mol. The summed E-state index contributed by atoms with van der Waals surface area (Å²) in [5, 5.41) is 6.96. The number of furan rings is 1. The van der Waals surface area contributed by atoms with E-state index in [2.05, 4.69) is 211 Å². The smallest absolute Gasteiger partial charge is 0.164 e. The van der Waals surface area contributed by atoms with Crippen molar-refractivity contribution in [1.82, 2.24) is 19.5 Å². The van der Waals surface area contributed by atoms with Gasteiger partial charge in [-0.1, -0.05) is 176 Å². The van der Waals surface area contributed by atoms with Gasteiger partial charge in [0.1, 0.15) is 11.2 Å². The van der Waals surface area contributed by atoms with Gasteiger partial charge >= 0.3 is 0 Å². The lowest BCUT2D eigenvalue weighted by atomic mass is 9.97. The van der Waals surface area contributed by atoms with E-state index < -0.39 is 0 Å². The molecule has 4 heterocycles. The van der Waals surface area contributed by atoms with Gasteiger partial charge in [-0.05, 0) is 88.0 Å². The molecule has 0 unspecified atom stereocenters. The van der Waals surface area contributed by atoms with Gasteiger partial charge in [-0.25, -0.2) is 15.0 Å². The Hall–Kier alpha value is -8.97. The minimum Gasteiger partial charge on any atom is -0.456 e. The number of thiophene rings is 1. The Kier molecular flexibility index (Phi) is 9.00. The summed E-state index contributed by atoms with van der Waals surface area (Å²) in [6.07, 6.45) is 0. The minimum absolute atomic E-state index is 0.576. The first-order valence-corrected chi connectivity index (χ1v) is 24.0. The molecule has 0 saturated heterocycles. The second-order valence-electron chi connectivity index (χ2n) is 17.5. The number of aromatic nitrogens is 4. The van der Waals surface area contributed by atoms with Crippen LogP contribution in [-0.4, -0.2) is 19.5 Å². The molecule has 5 nitrogen and oxygen atoms in total. The Bertz CT molecular complexity index is 4160. The normalized spacial score (nSPS) is 11.8. The molecule has 0 aliphatic carbocycles. The number of hydrogen-bond acceptors (Lipinski definition) is 5. The summed E-state index contributed by atoms with van der Waals surface area (Å²) in [6.45, 7) is 0. The molecule has 0 bridgehead atoms. The number of nitrogens with zero attached hydrogens (tertiary/aromatic N) is 4. The Morgan fingerprint density at radius 3 is 1.55 bits per heavy atom. The fourth-order valence-electron chi connectivity index (χ4n) is 10.3. The molecular weight excluding hydrogens is 861 g/mol. The quantitative estimate of drug-likeness (QED) is 0.160. The minimum atomic E-state index is 0.576. The molecule has 0 radical (unpaired) electrons. The van der Waals surface area contributed by atoms with E-state index in [1.807, 2.05) is 35.6 Å². The number of rotatable bonds is 7. The maximum atomic E-state index is 6.66. The zero-order valence-corrected chi connectivity index (χ0v) is 37.9. The molecule has 4 aromatic heterocycles. The number of fused-ring (bicyclic) bond motifs is 9.